The molecule has 1 aliphatic rings. The van der Waals surface area contributed by atoms with Crippen LogP contribution < -0.4 is 4.90 Å². The van der Waals surface area contributed by atoms with Gasteiger partial charge in [0.2, 0.25) is 0 Å². The molecule has 1 saturated heterocycles. The molecule has 18 heavy (non-hydrogen) atoms. The molecule has 0 radical (unpaired) electrons. The first kappa shape index (κ1) is 12.3. The van der Waals surface area contributed by atoms with Crippen molar-refractivity contribution in [3.05, 3.63) is 17.8 Å². The Hall–Kier alpha value is -2.16. The number of nitriles is 1. The van der Waals surface area contributed by atoms with Gasteiger partial charge < -0.3 is 10.0 Å². The van der Waals surface area contributed by atoms with E-state index in [2.05, 4.69) is 10.2 Å². The van der Waals surface area contributed by atoms with E-state index in [1.807, 2.05) is 6.07 Å². The Labute approximate surface area is 105 Å². The van der Waals surface area contributed by atoms with Gasteiger partial charge in [-0.15, -0.1) is 5.10 Å². The monoisotopic (exact) mass is 246 g/mol. The van der Waals surface area contributed by atoms with Crippen LogP contribution in [0.5, 0.6) is 0 Å². The maximum Gasteiger partial charge on any atom is 0.326 e. The summed E-state index contributed by atoms with van der Waals surface area (Å²) >= 11 is 0. The molecule has 1 atom stereocenters. The number of carboxylic acid groups (broad SMARTS) is 1. The minimum Gasteiger partial charge on any atom is -0.480 e. The number of nitrogens with zero attached hydrogens (tertiary/aromatic N) is 4. The number of carbonyl (C=O) groups is 1. The molecule has 6 nitrogen and oxygen atoms in total. The number of rotatable bonds is 2. The molecule has 6 heteroatoms. The van der Waals surface area contributed by atoms with Crippen molar-refractivity contribution < 1.29 is 9.90 Å². The standard InChI is InChI=1S/C12H14N4O2/c13-8-9-5-6-14-15-11(9)16-7-3-1-2-4-10(16)12(17)18/h5-6,10H,1-4,7H2,(H,17,18). The summed E-state index contributed by atoms with van der Waals surface area (Å²) in [6.07, 6.45) is 4.82. The van der Waals surface area contributed by atoms with E-state index in [4.69, 9.17) is 5.26 Å². The summed E-state index contributed by atoms with van der Waals surface area (Å²) in [7, 11) is 0. The van der Waals surface area contributed by atoms with Gasteiger partial charge in [0.05, 0.1) is 11.8 Å². The lowest BCUT2D eigenvalue weighted by atomic mass is 10.1. The second kappa shape index (κ2) is 5.45. The van der Waals surface area contributed by atoms with E-state index in [0.717, 1.165) is 19.3 Å². The van der Waals surface area contributed by atoms with E-state index in [0.29, 0.717) is 24.3 Å². The highest BCUT2D eigenvalue weighted by Crippen LogP contribution is 2.24. The first-order chi connectivity index (χ1) is 8.74. The van der Waals surface area contributed by atoms with Crippen LogP contribution in [0.15, 0.2) is 12.3 Å². The summed E-state index contributed by atoms with van der Waals surface area (Å²) in [6, 6.07) is 2.98. The van der Waals surface area contributed by atoms with Crippen LogP contribution in [0.1, 0.15) is 31.2 Å². The lowest BCUT2D eigenvalue weighted by Crippen LogP contribution is -2.41. The van der Waals surface area contributed by atoms with Crippen molar-refractivity contribution in [2.75, 3.05) is 11.4 Å². The smallest absolute Gasteiger partial charge is 0.326 e. The van der Waals surface area contributed by atoms with Gasteiger partial charge in [0.15, 0.2) is 5.82 Å². The summed E-state index contributed by atoms with van der Waals surface area (Å²) in [5.41, 5.74) is 0.373. The molecule has 1 N–H and O–H groups in total. The SMILES string of the molecule is N#Cc1ccnnc1N1CCCCCC1C(=O)O. The first-order valence-electron chi connectivity index (χ1n) is 5.95. The van der Waals surface area contributed by atoms with E-state index in [1.54, 1.807) is 11.0 Å². The van der Waals surface area contributed by atoms with E-state index in [-0.39, 0.29) is 0 Å². The Kier molecular flexibility index (Phi) is 3.72. The number of hydrogen-bond acceptors (Lipinski definition) is 5. The third-order valence-electron chi connectivity index (χ3n) is 3.13. The van der Waals surface area contributed by atoms with Gasteiger partial charge in [-0.25, -0.2) is 4.79 Å². The highest BCUT2D eigenvalue weighted by molar-refractivity contribution is 5.78. The molecular formula is C12H14N4O2. The first-order valence-corrected chi connectivity index (χ1v) is 5.95. The van der Waals surface area contributed by atoms with Gasteiger partial charge in [-0.1, -0.05) is 12.8 Å². The number of anilines is 1. The minimum atomic E-state index is -0.869. The highest BCUT2D eigenvalue weighted by Gasteiger charge is 2.29. The lowest BCUT2D eigenvalue weighted by molar-refractivity contribution is -0.138. The van der Waals surface area contributed by atoms with Crippen LogP contribution in [0, 0.1) is 11.3 Å². The van der Waals surface area contributed by atoms with Crippen molar-refractivity contribution in [3.8, 4) is 6.07 Å². The van der Waals surface area contributed by atoms with E-state index >= 15 is 0 Å². The van der Waals surface area contributed by atoms with Gasteiger partial charge >= 0.3 is 5.97 Å². The molecule has 94 valence electrons. The van der Waals surface area contributed by atoms with Crippen LogP contribution in [0.2, 0.25) is 0 Å². The molecule has 0 saturated carbocycles. The third kappa shape index (κ3) is 2.40. The second-order valence-electron chi connectivity index (χ2n) is 4.28. The molecule has 0 aliphatic carbocycles. The van der Waals surface area contributed by atoms with Crippen molar-refractivity contribution in [2.24, 2.45) is 0 Å². The summed E-state index contributed by atoms with van der Waals surface area (Å²) in [6.45, 7) is 0.602. The molecule has 1 aliphatic heterocycles. The maximum atomic E-state index is 11.3. The predicted octanol–water partition coefficient (Wildman–Crippen LogP) is 1.18. The molecule has 2 heterocycles. The number of aliphatic carboxylic acids is 1. The van der Waals surface area contributed by atoms with Gasteiger partial charge in [-0.3, -0.25) is 0 Å². The van der Waals surface area contributed by atoms with Gasteiger partial charge in [0.1, 0.15) is 12.1 Å². The van der Waals surface area contributed by atoms with Gasteiger partial charge in [0, 0.05) is 6.54 Å². The Morgan fingerprint density at radius 2 is 2.33 bits per heavy atom. The topological polar surface area (TPSA) is 90.1 Å². The van der Waals surface area contributed by atoms with Crippen LogP contribution in [0.4, 0.5) is 5.82 Å². The average Bonchev–Trinajstić information content (AvgIpc) is 2.64. The summed E-state index contributed by atoms with van der Waals surface area (Å²) in [5.74, 6) is -0.485. The van der Waals surface area contributed by atoms with Crippen molar-refractivity contribution in [2.45, 2.75) is 31.7 Å². The Morgan fingerprint density at radius 1 is 1.50 bits per heavy atom. The Morgan fingerprint density at radius 3 is 3.06 bits per heavy atom. The quantitative estimate of drug-likeness (QED) is 0.842. The second-order valence-corrected chi connectivity index (χ2v) is 4.28. The normalized spacial score (nSPS) is 19.9. The van der Waals surface area contributed by atoms with Crippen molar-refractivity contribution >= 4 is 11.8 Å². The van der Waals surface area contributed by atoms with Crippen molar-refractivity contribution in [1.82, 2.24) is 10.2 Å². The van der Waals surface area contributed by atoms with Gasteiger partial charge in [0.25, 0.3) is 0 Å². The van der Waals surface area contributed by atoms with E-state index in [1.165, 1.54) is 6.20 Å². The number of carboxylic acids is 1. The minimum absolute atomic E-state index is 0.373. The average molecular weight is 246 g/mol. The summed E-state index contributed by atoms with van der Waals surface area (Å²) in [4.78, 5) is 13.0. The molecule has 1 fully saturated rings. The molecule has 0 amide bonds. The molecule has 0 spiro atoms. The van der Waals surface area contributed by atoms with Crippen molar-refractivity contribution in [3.63, 3.8) is 0 Å². The fourth-order valence-electron chi connectivity index (χ4n) is 2.24. The molecule has 1 aromatic heterocycles. The van der Waals surface area contributed by atoms with Crippen LogP contribution in [0.25, 0.3) is 0 Å². The van der Waals surface area contributed by atoms with Crippen LogP contribution in [0.3, 0.4) is 0 Å². The van der Waals surface area contributed by atoms with Crippen LogP contribution in [-0.4, -0.2) is 33.9 Å². The molecule has 2 rings (SSSR count). The van der Waals surface area contributed by atoms with E-state index in [9.17, 15) is 9.90 Å². The summed E-state index contributed by atoms with van der Waals surface area (Å²) < 4.78 is 0. The zero-order valence-corrected chi connectivity index (χ0v) is 9.91. The zero-order chi connectivity index (χ0) is 13.0. The molecule has 0 aromatic carbocycles. The number of hydrogen-bond donors (Lipinski definition) is 1. The largest absolute Gasteiger partial charge is 0.480 e. The predicted molar refractivity (Wildman–Crippen MR) is 64.0 cm³/mol. The van der Waals surface area contributed by atoms with Gasteiger partial charge in [-0.05, 0) is 18.9 Å². The summed E-state index contributed by atoms with van der Waals surface area (Å²) in [5, 5.41) is 26.0. The molecule has 0 bridgehead atoms. The highest BCUT2D eigenvalue weighted by atomic mass is 16.4. The third-order valence-corrected chi connectivity index (χ3v) is 3.13. The van der Waals surface area contributed by atoms with Crippen LogP contribution in [-0.2, 0) is 4.79 Å². The fraction of sp³-hybridized carbons (Fsp3) is 0.500. The van der Waals surface area contributed by atoms with Gasteiger partial charge in [-0.2, -0.15) is 10.4 Å². The fourth-order valence-corrected chi connectivity index (χ4v) is 2.24. The number of aromatic nitrogens is 2. The molecular weight excluding hydrogens is 232 g/mol. The van der Waals surface area contributed by atoms with Crippen LogP contribution >= 0.6 is 0 Å². The molecule has 1 unspecified atom stereocenters. The zero-order valence-electron chi connectivity index (χ0n) is 9.91. The molecule has 1 aromatic rings. The Bertz CT molecular complexity index is 483. The Balaban J connectivity index is 2.38. The van der Waals surface area contributed by atoms with E-state index < -0.39 is 12.0 Å². The lowest BCUT2D eigenvalue weighted by Gasteiger charge is -2.27. The maximum absolute atomic E-state index is 11.3. The van der Waals surface area contributed by atoms with Crippen molar-refractivity contribution in [1.29, 1.82) is 5.26 Å².